The summed E-state index contributed by atoms with van der Waals surface area (Å²) < 4.78 is 11.2. The number of hydrogen-bond donors (Lipinski definition) is 2. The molecule has 0 amide bonds. The third-order valence-corrected chi connectivity index (χ3v) is 7.97. The van der Waals surface area contributed by atoms with Crippen molar-refractivity contribution in [2.75, 3.05) is 27.3 Å². The van der Waals surface area contributed by atoms with Crippen molar-refractivity contribution in [1.29, 1.82) is 0 Å². The summed E-state index contributed by atoms with van der Waals surface area (Å²) in [6.45, 7) is 5.22. The van der Waals surface area contributed by atoms with Gasteiger partial charge >= 0.3 is 0 Å². The molecular formula is C28H39N3O2S. The summed E-state index contributed by atoms with van der Waals surface area (Å²) in [6, 6.07) is 18.2. The minimum atomic E-state index is 0.115. The van der Waals surface area contributed by atoms with E-state index in [4.69, 9.17) is 21.7 Å². The van der Waals surface area contributed by atoms with Gasteiger partial charge in [0.05, 0.1) is 14.2 Å². The molecule has 0 bridgehead atoms. The number of rotatable bonds is 9. The molecule has 5 nitrogen and oxygen atoms in total. The Morgan fingerprint density at radius 3 is 2.62 bits per heavy atom. The molecule has 2 N–H and O–H groups in total. The first kappa shape index (κ1) is 24.8. The molecule has 1 aliphatic carbocycles. The van der Waals surface area contributed by atoms with E-state index in [1.165, 1.54) is 17.5 Å². The van der Waals surface area contributed by atoms with Crippen LogP contribution in [-0.2, 0) is 12.0 Å². The lowest BCUT2D eigenvalue weighted by molar-refractivity contribution is 0.134. The fraction of sp³-hybridized carbons (Fsp3) is 0.536. The number of nitrogens with zero attached hydrogens (tertiary/aromatic N) is 1. The molecule has 3 atom stereocenters. The third-order valence-electron chi connectivity index (χ3n) is 7.71. The Morgan fingerprint density at radius 2 is 1.88 bits per heavy atom. The first-order valence-electron chi connectivity index (χ1n) is 12.6. The van der Waals surface area contributed by atoms with Crippen LogP contribution in [0.1, 0.15) is 56.6 Å². The number of benzene rings is 2. The fourth-order valence-corrected chi connectivity index (χ4v) is 6.15. The molecule has 0 aromatic heterocycles. The van der Waals surface area contributed by atoms with Gasteiger partial charge in [-0.15, -0.1) is 0 Å². The van der Waals surface area contributed by atoms with Crippen molar-refractivity contribution in [2.24, 2.45) is 0 Å². The molecule has 1 aliphatic heterocycles. The van der Waals surface area contributed by atoms with Gasteiger partial charge < -0.3 is 20.1 Å². The number of likely N-dealkylation sites (tertiary alicyclic amines) is 1. The number of methoxy groups -OCH3 is 2. The molecule has 2 aromatic rings. The summed E-state index contributed by atoms with van der Waals surface area (Å²) in [5.41, 5.74) is 2.86. The van der Waals surface area contributed by atoms with E-state index in [0.29, 0.717) is 12.1 Å². The molecule has 0 radical (unpaired) electrons. The molecule has 4 rings (SSSR count). The van der Waals surface area contributed by atoms with Gasteiger partial charge in [-0.25, -0.2) is 0 Å². The van der Waals surface area contributed by atoms with Crippen LogP contribution in [0, 0.1) is 0 Å². The molecule has 1 saturated carbocycles. The Labute approximate surface area is 210 Å². The van der Waals surface area contributed by atoms with Crippen LogP contribution < -0.4 is 20.1 Å². The highest BCUT2D eigenvalue weighted by atomic mass is 32.1. The maximum Gasteiger partial charge on any atom is 0.166 e. The van der Waals surface area contributed by atoms with Crippen molar-refractivity contribution in [2.45, 2.75) is 69.5 Å². The molecule has 184 valence electrons. The van der Waals surface area contributed by atoms with Gasteiger partial charge in [-0.05, 0) is 74.1 Å². The zero-order valence-corrected chi connectivity index (χ0v) is 21.6. The van der Waals surface area contributed by atoms with Crippen LogP contribution in [0.2, 0.25) is 0 Å². The molecule has 0 unspecified atom stereocenters. The molecular weight excluding hydrogens is 442 g/mol. The van der Waals surface area contributed by atoms with Gasteiger partial charge in [-0.2, -0.15) is 0 Å². The molecule has 0 spiro atoms. The Kier molecular flexibility index (Phi) is 8.32. The fourth-order valence-electron chi connectivity index (χ4n) is 5.88. The second-order valence-corrected chi connectivity index (χ2v) is 10.1. The lowest BCUT2D eigenvalue weighted by Gasteiger charge is -2.46. The Morgan fingerprint density at radius 1 is 1.09 bits per heavy atom. The average molecular weight is 482 g/mol. The van der Waals surface area contributed by atoms with Crippen LogP contribution in [0.5, 0.6) is 11.5 Å². The molecule has 2 fully saturated rings. The van der Waals surface area contributed by atoms with Crippen LogP contribution in [0.15, 0.2) is 48.5 Å². The molecule has 1 saturated heterocycles. The normalized spacial score (nSPS) is 24.3. The first-order chi connectivity index (χ1) is 16.6. The molecule has 34 heavy (non-hydrogen) atoms. The van der Waals surface area contributed by atoms with E-state index in [9.17, 15) is 0 Å². The van der Waals surface area contributed by atoms with Gasteiger partial charge in [-0.3, -0.25) is 4.90 Å². The Hall–Kier alpha value is -2.31. The van der Waals surface area contributed by atoms with Crippen molar-refractivity contribution >= 4 is 17.3 Å². The van der Waals surface area contributed by atoms with E-state index in [2.05, 4.69) is 71.0 Å². The third kappa shape index (κ3) is 5.33. The maximum absolute atomic E-state index is 5.68. The first-order valence-corrected chi connectivity index (χ1v) is 13.0. The van der Waals surface area contributed by atoms with Gasteiger partial charge in [0, 0.05) is 30.6 Å². The zero-order valence-electron chi connectivity index (χ0n) is 20.8. The molecule has 2 aliphatic rings. The SMILES string of the molecule is CCCCNC(=S)N[C@H]1CC[C@@]2(c3ccc(OC)c(OC)c3)CCN(Cc3ccccc3)[C@@H]2C1. The number of nitrogens with one attached hydrogen (secondary N) is 2. The van der Waals surface area contributed by atoms with Gasteiger partial charge in [0.2, 0.25) is 0 Å². The number of thiocarbonyl (C=S) groups is 1. The van der Waals surface area contributed by atoms with Crippen molar-refractivity contribution in [1.82, 2.24) is 15.5 Å². The molecule has 6 heteroatoms. The van der Waals surface area contributed by atoms with E-state index in [0.717, 1.165) is 68.3 Å². The van der Waals surface area contributed by atoms with Crippen LogP contribution >= 0.6 is 12.2 Å². The van der Waals surface area contributed by atoms with E-state index in [1.807, 2.05) is 0 Å². The summed E-state index contributed by atoms with van der Waals surface area (Å²) in [5, 5.41) is 7.82. The summed E-state index contributed by atoms with van der Waals surface area (Å²) in [4.78, 5) is 2.69. The average Bonchev–Trinajstić information content (AvgIpc) is 3.23. The highest BCUT2D eigenvalue weighted by molar-refractivity contribution is 7.80. The smallest absolute Gasteiger partial charge is 0.166 e. The van der Waals surface area contributed by atoms with E-state index in [1.54, 1.807) is 14.2 Å². The minimum absolute atomic E-state index is 0.115. The molecule has 2 aromatic carbocycles. The monoisotopic (exact) mass is 481 g/mol. The topological polar surface area (TPSA) is 45.8 Å². The second-order valence-electron chi connectivity index (χ2n) is 9.67. The Balaban J connectivity index is 1.57. The minimum Gasteiger partial charge on any atom is -0.493 e. The summed E-state index contributed by atoms with van der Waals surface area (Å²) in [5.74, 6) is 1.60. The van der Waals surface area contributed by atoms with Gasteiger partial charge in [0.15, 0.2) is 16.6 Å². The highest BCUT2D eigenvalue weighted by Crippen LogP contribution is 2.50. The number of unbranched alkanes of at least 4 members (excludes halogenated alkanes) is 1. The number of ether oxygens (including phenoxy) is 2. The lowest BCUT2D eigenvalue weighted by Crippen LogP contribution is -2.53. The predicted octanol–water partition coefficient (Wildman–Crippen LogP) is 5.03. The van der Waals surface area contributed by atoms with Crippen molar-refractivity contribution in [3.05, 3.63) is 59.7 Å². The quantitative estimate of drug-likeness (QED) is 0.387. The second kappa shape index (κ2) is 11.4. The summed E-state index contributed by atoms with van der Waals surface area (Å²) in [7, 11) is 3.42. The number of fused-ring (bicyclic) bond motifs is 1. The van der Waals surface area contributed by atoms with Gasteiger partial charge in [0.25, 0.3) is 0 Å². The van der Waals surface area contributed by atoms with E-state index < -0.39 is 0 Å². The van der Waals surface area contributed by atoms with Crippen molar-refractivity contribution < 1.29 is 9.47 Å². The van der Waals surface area contributed by atoms with Gasteiger partial charge in [0.1, 0.15) is 0 Å². The summed E-state index contributed by atoms with van der Waals surface area (Å²) in [6.07, 6.45) is 6.79. The van der Waals surface area contributed by atoms with Gasteiger partial charge in [-0.1, -0.05) is 49.7 Å². The maximum atomic E-state index is 5.68. The van der Waals surface area contributed by atoms with Crippen LogP contribution in [0.25, 0.3) is 0 Å². The van der Waals surface area contributed by atoms with Crippen molar-refractivity contribution in [3.63, 3.8) is 0 Å². The Bertz CT molecular complexity index is 954. The largest absolute Gasteiger partial charge is 0.493 e. The summed E-state index contributed by atoms with van der Waals surface area (Å²) >= 11 is 5.62. The zero-order chi connectivity index (χ0) is 24.0. The van der Waals surface area contributed by atoms with E-state index >= 15 is 0 Å². The van der Waals surface area contributed by atoms with E-state index in [-0.39, 0.29) is 5.41 Å². The van der Waals surface area contributed by atoms with Crippen LogP contribution in [0.4, 0.5) is 0 Å². The highest BCUT2D eigenvalue weighted by Gasteiger charge is 2.51. The van der Waals surface area contributed by atoms with Crippen LogP contribution in [0.3, 0.4) is 0 Å². The standard InChI is InChI=1S/C28H39N3O2S/c1-4-5-16-29-27(34)30-23-13-14-28(22-11-12-24(32-2)25(18-22)33-3)15-17-31(26(28)19-23)20-21-9-7-6-8-10-21/h6-12,18,23,26H,4-5,13-17,19-20H2,1-3H3,(H2,29,30,34)/t23-,26+,28-/m0/s1. The molecule has 1 heterocycles. The predicted molar refractivity (Wildman–Crippen MR) is 143 cm³/mol. The number of hydrogen-bond acceptors (Lipinski definition) is 4. The van der Waals surface area contributed by atoms with Crippen LogP contribution in [-0.4, -0.2) is 49.4 Å². The van der Waals surface area contributed by atoms with Crippen molar-refractivity contribution in [3.8, 4) is 11.5 Å². The lowest BCUT2D eigenvalue weighted by atomic mass is 9.65.